The van der Waals surface area contributed by atoms with Crippen molar-refractivity contribution in [2.24, 2.45) is 0 Å². The fourth-order valence-electron chi connectivity index (χ4n) is 3.99. The first-order valence-electron chi connectivity index (χ1n) is 11.1. The maximum absolute atomic E-state index is 12.6. The molecule has 0 unspecified atom stereocenters. The monoisotopic (exact) mass is 446 g/mol. The van der Waals surface area contributed by atoms with Crippen LogP contribution in [0.15, 0.2) is 59.5 Å². The molecule has 2 heterocycles. The van der Waals surface area contributed by atoms with E-state index in [1.165, 1.54) is 21.6 Å². The average Bonchev–Trinajstić information content (AvgIpc) is 2.82. The maximum atomic E-state index is 12.6. The first-order chi connectivity index (χ1) is 15.5. The summed E-state index contributed by atoms with van der Waals surface area (Å²) in [5, 5.41) is 9.00. The van der Waals surface area contributed by atoms with Crippen LogP contribution in [0.5, 0.6) is 0 Å². The molecule has 32 heavy (non-hydrogen) atoms. The van der Waals surface area contributed by atoms with Gasteiger partial charge < -0.3 is 9.80 Å². The molecule has 1 fully saturated rings. The molecular weight excluding hydrogens is 416 g/mol. The number of anilines is 1. The van der Waals surface area contributed by atoms with Gasteiger partial charge in [-0.2, -0.15) is 0 Å². The topological polar surface area (TPSA) is 49.3 Å². The standard InChI is InChI=1S/C26H30N4OS/c1-19-17-21(3)23(18-20(19)2)24-9-10-25(28-27-24)29-12-14-30(15-13-29)26(31)11-16-32-22-7-5-4-6-8-22/h4-10,17-18H,11-16H2,1-3H3. The Morgan fingerprint density at radius 1 is 0.875 bits per heavy atom. The maximum Gasteiger partial charge on any atom is 0.223 e. The minimum Gasteiger partial charge on any atom is -0.352 e. The van der Waals surface area contributed by atoms with Gasteiger partial charge in [0.2, 0.25) is 5.91 Å². The van der Waals surface area contributed by atoms with Crippen molar-refractivity contribution in [3.05, 3.63) is 71.3 Å². The van der Waals surface area contributed by atoms with Crippen LogP contribution in [-0.4, -0.2) is 52.9 Å². The van der Waals surface area contributed by atoms with Gasteiger partial charge in [0.05, 0.1) is 5.69 Å². The number of hydrogen-bond donors (Lipinski definition) is 0. The third kappa shape index (κ3) is 5.30. The van der Waals surface area contributed by atoms with E-state index in [2.05, 4.69) is 66.2 Å². The van der Waals surface area contributed by atoms with E-state index in [0.29, 0.717) is 6.42 Å². The number of piperazine rings is 1. The van der Waals surface area contributed by atoms with Crippen LogP contribution in [0, 0.1) is 20.8 Å². The van der Waals surface area contributed by atoms with Gasteiger partial charge in [-0.1, -0.05) is 24.3 Å². The Balaban J connectivity index is 1.29. The van der Waals surface area contributed by atoms with Gasteiger partial charge in [-0.15, -0.1) is 22.0 Å². The molecule has 0 saturated carbocycles. The van der Waals surface area contributed by atoms with E-state index in [-0.39, 0.29) is 5.91 Å². The van der Waals surface area contributed by atoms with E-state index in [0.717, 1.165) is 49.0 Å². The zero-order chi connectivity index (χ0) is 22.5. The predicted molar refractivity (Wildman–Crippen MR) is 132 cm³/mol. The minimum absolute atomic E-state index is 0.236. The van der Waals surface area contributed by atoms with E-state index in [1.54, 1.807) is 11.8 Å². The molecule has 0 aliphatic carbocycles. The van der Waals surface area contributed by atoms with Crippen LogP contribution in [-0.2, 0) is 4.79 Å². The van der Waals surface area contributed by atoms with Crippen molar-refractivity contribution in [1.82, 2.24) is 15.1 Å². The number of rotatable bonds is 6. The third-order valence-electron chi connectivity index (χ3n) is 6.05. The van der Waals surface area contributed by atoms with Crippen LogP contribution < -0.4 is 4.90 Å². The number of benzene rings is 2. The van der Waals surface area contributed by atoms with Gasteiger partial charge in [-0.05, 0) is 67.8 Å². The first kappa shape index (κ1) is 22.3. The summed E-state index contributed by atoms with van der Waals surface area (Å²) >= 11 is 1.74. The van der Waals surface area contributed by atoms with Gasteiger partial charge in [-0.25, -0.2) is 0 Å². The number of thioether (sulfide) groups is 1. The summed E-state index contributed by atoms with van der Waals surface area (Å²) in [6.45, 7) is 9.41. The van der Waals surface area contributed by atoms with Crippen LogP contribution >= 0.6 is 11.8 Å². The lowest BCUT2D eigenvalue weighted by molar-refractivity contribution is -0.131. The highest BCUT2D eigenvalue weighted by atomic mass is 32.2. The molecule has 1 saturated heterocycles. The van der Waals surface area contributed by atoms with Crippen LogP contribution in [0.25, 0.3) is 11.3 Å². The van der Waals surface area contributed by atoms with Crippen molar-refractivity contribution in [2.45, 2.75) is 32.1 Å². The van der Waals surface area contributed by atoms with Crippen molar-refractivity contribution in [2.75, 3.05) is 36.8 Å². The lowest BCUT2D eigenvalue weighted by atomic mass is 9.99. The molecule has 1 amide bonds. The number of nitrogens with zero attached hydrogens (tertiary/aromatic N) is 4. The van der Waals surface area contributed by atoms with Crippen LogP contribution in [0.1, 0.15) is 23.1 Å². The van der Waals surface area contributed by atoms with Crippen molar-refractivity contribution in [1.29, 1.82) is 0 Å². The van der Waals surface area contributed by atoms with E-state index < -0.39 is 0 Å². The summed E-state index contributed by atoms with van der Waals surface area (Å²) in [6, 6.07) is 18.7. The highest BCUT2D eigenvalue weighted by molar-refractivity contribution is 7.99. The molecule has 1 aliphatic rings. The number of amides is 1. The molecule has 1 aliphatic heterocycles. The molecular formula is C26H30N4OS. The minimum atomic E-state index is 0.236. The van der Waals surface area contributed by atoms with Gasteiger partial charge in [0.1, 0.15) is 0 Å². The molecule has 1 aromatic heterocycles. The molecule has 4 rings (SSSR count). The molecule has 0 N–H and O–H groups in total. The number of carbonyl (C=O) groups is 1. The zero-order valence-electron chi connectivity index (χ0n) is 19.0. The largest absolute Gasteiger partial charge is 0.352 e. The third-order valence-corrected chi connectivity index (χ3v) is 7.07. The summed E-state index contributed by atoms with van der Waals surface area (Å²) in [5.74, 6) is 1.93. The number of hydrogen-bond acceptors (Lipinski definition) is 5. The van der Waals surface area contributed by atoms with E-state index in [9.17, 15) is 4.79 Å². The Kier molecular flexibility index (Phi) is 7.10. The SMILES string of the molecule is Cc1cc(C)c(-c2ccc(N3CCN(C(=O)CCSc4ccccc4)CC3)nn2)cc1C. The summed E-state index contributed by atoms with van der Waals surface area (Å²) in [6.07, 6.45) is 0.573. The average molecular weight is 447 g/mol. The Morgan fingerprint density at radius 3 is 2.28 bits per heavy atom. The van der Waals surface area contributed by atoms with Crippen LogP contribution in [0.4, 0.5) is 5.82 Å². The molecule has 0 bridgehead atoms. The highest BCUT2D eigenvalue weighted by Gasteiger charge is 2.22. The Labute approximate surface area is 194 Å². The summed E-state index contributed by atoms with van der Waals surface area (Å²) in [5.41, 5.74) is 5.81. The predicted octanol–water partition coefficient (Wildman–Crippen LogP) is 4.90. The van der Waals surface area contributed by atoms with Gasteiger partial charge in [0.15, 0.2) is 5.82 Å². The van der Waals surface area contributed by atoms with Gasteiger partial charge in [-0.3, -0.25) is 4.79 Å². The Bertz CT molecular complexity index is 1060. The number of aryl methyl sites for hydroxylation is 3. The summed E-state index contributed by atoms with van der Waals surface area (Å²) < 4.78 is 0. The van der Waals surface area contributed by atoms with Gasteiger partial charge in [0.25, 0.3) is 0 Å². The van der Waals surface area contributed by atoms with Crippen molar-refractivity contribution >= 4 is 23.5 Å². The molecule has 2 aromatic carbocycles. The Morgan fingerprint density at radius 2 is 1.59 bits per heavy atom. The van der Waals surface area contributed by atoms with E-state index in [1.807, 2.05) is 29.2 Å². The van der Waals surface area contributed by atoms with Crippen molar-refractivity contribution in [3.8, 4) is 11.3 Å². The molecule has 0 radical (unpaired) electrons. The fourth-order valence-corrected chi connectivity index (χ4v) is 4.85. The second kappa shape index (κ2) is 10.2. The van der Waals surface area contributed by atoms with Crippen molar-refractivity contribution in [3.63, 3.8) is 0 Å². The molecule has 3 aromatic rings. The Hall–Kier alpha value is -2.86. The quantitative estimate of drug-likeness (QED) is 0.504. The number of carbonyl (C=O) groups excluding carboxylic acids is 1. The molecule has 5 nitrogen and oxygen atoms in total. The summed E-state index contributed by atoms with van der Waals surface area (Å²) in [7, 11) is 0. The molecule has 0 spiro atoms. The number of aromatic nitrogens is 2. The van der Waals surface area contributed by atoms with Crippen LogP contribution in [0.2, 0.25) is 0 Å². The fraction of sp³-hybridized carbons (Fsp3) is 0.346. The van der Waals surface area contributed by atoms with E-state index in [4.69, 9.17) is 0 Å². The van der Waals surface area contributed by atoms with Crippen LogP contribution in [0.3, 0.4) is 0 Å². The van der Waals surface area contributed by atoms with E-state index >= 15 is 0 Å². The molecule has 0 atom stereocenters. The van der Waals surface area contributed by atoms with Crippen molar-refractivity contribution < 1.29 is 4.79 Å². The molecule has 6 heteroatoms. The normalized spacial score (nSPS) is 14.0. The molecule has 166 valence electrons. The lowest BCUT2D eigenvalue weighted by Gasteiger charge is -2.35. The van der Waals surface area contributed by atoms with Gasteiger partial charge in [0, 0.05) is 48.8 Å². The second-order valence-electron chi connectivity index (χ2n) is 8.31. The van der Waals surface area contributed by atoms with Gasteiger partial charge >= 0.3 is 0 Å². The zero-order valence-corrected chi connectivity index (χ0v) is 19.9. The lowest BCUT2D eigenvalue weighted by Crippen LogP contribution is -2.49. The summed E-state index contributed by atoms with van der Waals surface area (Å²) in [4.78, 5) is 18.0. The second-order valence-corrected chi connectivity index (χ2v) is 9.48. The highest BCUT2D eigenvalue weighted by Crippen LogP contribution is 2.26. The smallest absolute Gasteiger partial charge is 0.223 e. The first-order valence-corrected chi connectivity index (χ1v) is 12.1.